The van der Waals surface area contributed by atoms with E-state index in [1.807, 2.05) is 0 Å². The van der Waals surface area contributed by atoms with E-state index in [0.717, 1.165) is 11.1 Å². The van der Waals surface area contributed by atoms with Gasteiger partial charge in [-0.1, -0.05) is 38.1 Å². The fourth-order valence-electron chi connectivity index (χ4n) is 2.71. The predicted molar refractivity (Wildman–Crippen MR) is 117 cm³/mol. The first kappa shape index (κ1) is 24.4. The average Bonchev–Trinajstić information content (AvgIpc) is 2.65. The summed E-state index contributed by atoms with van der Waals surface area (Å²) in [6, 6.07) is 11.8. The highest BCUT2D eigenvalue weighted by Crippen LogP contribution is 2.24. The Morgan fingerprint density at radius 1 is 0.935 bits per heavy atom. The summed E-state index contributed by atoms with van der Waals surface area (Å²) < 4.78 is 38.3. The zero-order valence-electron chi connectivity index (χ0n) is 18.2. The number of nitrogens with one attached hydrogen (secondary N) is 1. The lowest BCUT2D eigenvalue weighted by atomic mass is 10.1. The maximum Gasteiger partial charge on any atom is 0.409 e. The van der Waals surface area contributed by atoms with Crippen molar-refractivity contribution >= 4 is 22.1 Å². The van der Waals surface area contributed by atoms with Crippen molar-refractivity contribution in [2.45, 2.75) is 51.2 Å². The molecule has 2 aromatic carbocycles. The number of primary amides is 1. The van der Waals surface area contributed by atoms with Crippen LogP contribution in [0.15, 0.2) is 53.4 Å². The molecule has 0 saturated heterocycles. The molecule has 0 radical (unpaired) electrons. The molecule has 31 heavy (non-hydrogen) atoms. The van der Waals surface area contributed by atoms with Crippen LogP contribution >= 0.6 is 0 Å². The minimum absolute atomic E-state index is 0.0270. The zero-order chi connectivity index (χ0) is 23.4. The number of benzene rings is 2. The van der Waals surface area contributed by atoms with E-state index in [1.165, 1.54) is 12.1 Å². The number of hydrogen-bond donors (Lipinski definition) is 2. The monoisotopic (exact) mass is 448 g/mol. The number of amides is 1. The van der Waals surface area contributed by atoms with E-state index in [0.29, 0.717) is 5.75 Å². The predicted octanol–water partition coefficient (Wildman–Crippen LogP) is 3.46. The van der Waals surface area contributed by atoms with E-state index in [9.17, 15) is 18.0 Å². The first-order valence-electron chi connectivity index (χ1n) is 9.71. The quantitative estimate of drug-likeness (QED) is 0.625. The topological polar surface area (TPSA) is 125 Å². The molecule has 0 saturated carbocycles. The maximum absolute atomic E-state index is 12.8. The van der Waals surface area contributed by atoms with Crippen molar-refractivity contribution in [2.75, 3.05) is 0 Å². The lowest BCUT2D eigenvalue weighted by Gasteiger charge is -2.26. The largest absolute Gasteiger partial charge is 0.459 e. The molecule has 0 aliphatic carbocycles. The van der Waals surface area contributed by atoms with Crippen LogP contribution in [0.4, 0.5) is 4.79 Å². The molecule has 1 atom stereocenters. The van der Waals surface area contributed by atoms with Crippen LogP contribution in [-0.2, 0) is 19.6 Å². The minimum Gasteiger partial charge on any atom is -0.459 e. The van der Waals surface area contributed by atoms with Crippen molar-refractivity contribution in [3.8, 4) is 16.9 Å². The third kappa shape index (κ3) is 7.08. The molecule has 8 nitrogen and oxygen atoms in total. The second-order valence-electron chi connectivity index (χ2n) is 8.35. The Balaban J connectivity index is 2.19. The van der Waals surface area contributed by atoms with Gasteiger partial charge in [0.05, 0.1) is 4.90 Å². The zero-order valence-corrected chi connectivity index (χ0v) is 19.0. The number of carbonyl (C=O) groups is 2. The van der Waals surface area contributed by atoms with Gasteiger partial charge >= 0.3 is 12.1 Å². The second-order valence-corrected chi connectivity index (χ2v) is 10.1. The van der Waals surface area contributed by atoms with Gasteiger partial charge in [-0.25, -0.2) is 13.2 Å². The summed E-state index contributed by atoms with van der Waals surface area (Å²) in [4.78, 5) is 23.3. The lowest BCUT2D eigenvalue weighted by molar-refractivity contribution is -0.158. The van der Waals surface area contributed by atoms with Crippen LogP contribution < -0.4 is 15.2 Å². The first-order valence-corrected chi connectivity index (χ1v) is 11.2. The number of rotatable bonds is 7. The molecule has 0 bridgehead atoms. The van der Waals surface area contributed by atoms with Crippen LogP contribution in [0, 0.1) is 5.92 Å². The van der Waals surface area contributed by atoms with Gasteiger partial charge in [0.1, 0.15) is 17.4 Å². The molecule has 1 amide bonds. The Labute approximate surface area is 182 Å². The summed E-state index contributed by atoms with van der Waals surface area (Å²) >= 11 is 0. The van der Waals surface area contributed by atoms with Crippen molar-refractivity contribution in [3.63, 3.8) is 0 Å². The van der Waals surface area contributed by atoms with E-state index in [2.05, 4.69) is 4.72 Å². The standard InChI is InChI=1S/C22H28N2O6S/c1-14(2)19(20(25)30-22(3,4)5)24-31(27,28)18-12-8-16(9-13-18)15-6-10-17(11-7-15)29-21(23)26/h6-14,19,24H,1-5H3,(H2,23,26). The smallest absolute Gasteiger partial charge is 0.409 e. The highest BCUT2D eigenvalue weighted by molar-refractivity contribution is 7.89. The number of ether oxygens (including phenoxy) is 2. The van der Waals surface area contributed by atoms with E-state index < -0.39 is 33.7 Å². The molecule has 0 heterocycles. The van der Waals surface area contributed by atoms with Gasteiger partial charge in [0.25, 0.3) is 0 Å². The second kappa shape index (κ2) is 9.49. The number of hydrogen-bond acceptors (Lipinski definition) is 6. The van der Waals surface area contributed by atoms with Gasteiger partial charge in [0, 0.05) is 0 Å². The van der Waals surface area contributed by atoms with Crippen LogP contribution in [0.5, 0.6) is 5.75 Å². The van der Waals surface area contributed by atoms with Crippen molar-refractivity contribution < 1.29 is 27.5 Å². The van der Waals surface area contributed by atoms with Gasteiger partial charge in [-0.15, -0.1) is 0 Å². The summed E-state index contributed by atoms with van der Waals surface area (Å²) in [7, 11) is -3.95. The number of carbonyl (C=O) groups excluding carboxylic acids is 2. The van der Waals surface area contributed by atoms with E-state index in [1.54, 1.807) is 71.0 Å². The molecule has 0 fully saturated rings. The highest BCUT2D eigenvalue weighted by atomic mass is 32.2. The highest BCUT2D eigenvalue weighted by Gasteiger charge is 2.32. The van der Waals surface area contributed by atoms with Crippen LogP contribution in [0.25, 0.3) is 11.1 Å². The Morgan fingerprint density at radius 3 is 1.84 bits per heavy atom. The average molecular weight is 449 g/mol. The van der Waals surface area contributed by atoms with Gasteiger partial charge in [-0.05, 0) is 62.1 Å². The molecule has 0 aliphatic heterocycles. The van der Waals surface area contributed by atoms with Crippen molar-refractivity contribution in [3.05, 3.63) is 48.5 Å². The molecular formula is C22H28N2O6S. The molecular weight excluding hydrogens is 420 g/mol. The Hall–Kier alpha value is -2.91. The fourth-order valence-corrected chi connectivity index (χ4v) is 4.05. The van der Waals surface area contributed by atoms with E-state index in [4.69, 9.17) is 15.2 Å². The Morgan fingerprint density at radius 2 is 1.42 bits per heavy atom. The summed E-state index contributed by atoms with van der Waals surface area (Å²) in [6.45, 7) is 8.66. The molecule has 3 N–H and O–H groups in total. The lowest BCUT2D eigenvalue weighted by Crippen LogP contribution is -2.47. The molecule has 1 unspecified atom stereocenters. The SMILES string of the molecule is CC(C)C(NS(=O)(=O)c1ccc(-c2ccc(OC(N)=O)cc2)cc1)C(=O)OC(C)(C)C. The Kier molecular flexibility index (Phi) is 7.45. The minimum atomic E-state index is -3.95. The van der Waals surface area contributed by atoms with Crippen molar-refractivity contribution in [2.24, 2.45) is 11.7 Å². The maximum atomic E-state index is 12.8. The first-order chi connectivity index (χ1) is 14.3. The Bertz CT molecular complexity index is 1020. The molecule has 0 spiro atoms. The molecule has 2 aromatic rings. The van der Waals surface area contributed by atoms with Gasteiger partial charge in [-0.3, -0.25) is 4.79 Å². The van der Waals surface area contributed by atoms with Crippen molar-refractivity contribution in [1.29, 1.82) is 0 Å². The summed E-state index contributed by atoms with van der Waals surface area (Å²) in [5.41, 5.74) is 5.81. The third-order valence-corrected chi connectivity index (χ3v) is 5.64. The van der Waals surface area contributed by atoms with Crippen LogP contribution in [0.1, 0.15) is 34.6 Å². The molecule has 2 rings (SSSR count). The number of esters is 1. The summed E-state index contributed by atoms with van der Waals surface area (Å²) in [5.74, 6) is -0.618. The van der Waals surface area contributed by atoms with Gasteiger partial charge in [0.15, 0.2) is 0 Å². The van der Waals surface area contributed by atoms with Crippen LogP contribution in [0.3, 0.4) is 0 Å². The van der Waals surface area contributed by atoms with Crippen LogP contribution in [0.2, 0.25) is 0 Å². The molecule has 9 heteroatoms. The van der Waals surface area contributed by atoms with E-state index in [-0.39, 0.29) is 10.8 Å². The van der Waals surface area contributed by atoms with Gasteiger partial charge < -0.3 is 15.2 Å². The van der Waals surface area contributed by atoms with Gasteiger partial charge in [0.2, 0.25) is 10.0 Å². The number of nitrogens with two attached hydrogens (primary N) is 1. The number of sulfonamides is 1. The molecule has 0 aromatic heterocycles. The van der Waals surface area contributed by atoms with Crippen LogP contribution in [-0.4, -0.2) is 32.1 Å². The summed E-state index contributed by atoms with van der Waals surface area (Å²) in [6.07, 6.45) is -0.902. The normalized spacial score (nSPS) is 13.0. The molecule has 168 valence electrons. The van der Waals surface area contributed by atoms with Gasteiger partial charge in [-0.2, -0.15) is 4.72 Å². The fraction of sp³-hybridized carbons (Fsp3) is 0.364. The van der Waals surface area contributed by atoms with E-state index >= 15 is 0 Å². The van der Waals surface area contributed by atoms with Crippen molar-refractivity contribution in [1.82, 2.24) is 4.72 Å². The molecule has 0 aliphatic rings. The summed E-state index contributed by atoms with van der Waals surface area (Å²) in [5, 5.41) is 0. The third-order valence-electron chi connectivity index (χ3n) is 4.18.